The van der Waals surface area contributed by atoms with Crippen molar-refractivity contribution < 1.29 is 0 Å². The third kappa shape index (κ3) is 1.69. The second-order valence-electron chi connectivity index (χ2n) is 3.36. The Kier molecular flexibility index (Phi) is 2.35. The summed E-state index contributed by atoms with van der Waals surface area (Å²) in [6.45, 7) is 2.98. The van der Waals surface area contributed by atoms with E-state index in [0.29, 0.717) is 0 Å². The number of aryl methyl sites for hydroxylation is 4. The maximum Gasteiger partial charge on any atom is 0.105 e. The Balaban J connectivity index is 2.02. The number of aromatic nitrogens is 4. The number of hydrogen-bond acceptors (Lipinski definition) is 2. The average Bonchev–Trinajstić information content (AvgIpc) is 2.72. The van der Waals surface area contributed by atoms with E-state index in [4.69, 9.17) is 0 Å². The van der Waals surface area contributed by atoms with E-state index in [1.807, 2.05) is 43.3 Å². The summed E-state index contributed by atoms with van der Waals surface area (Å²) in [5.41, 5.74) is 1.25. The van der Waals surface area contributed by atoms with Crippen LogP contribution in [-0.4, -0.2) is 19.3 Å². The minimum Gasteiger partial charge on any atom is -0.335 e. The highest BCUT2D eigenvalue weighted by Crippen LogP contribution is 2.02. The van der Waals surface area contributed by atoms with Gasteiger partial charge < -0.3 is 4.57 Å². The highest BCUT2D eigenvalue weighted by molar-refractivity contribution is 5.00. The summed E-state index contributed by atoms with van der Waals surface area (Å²) in [4.78, 5) is 4.18. The molecule has 0 saturated heterocycles. The van der Waals surface area contributed by atoms with Crippen molar-refractivity contribution in [3.05, 3.63) is 36.2 Å². The molecule has 0 aliphatic carbocycles. The molecule has 4 nitrogen and oxygen atoms in total. The molecule has 0 spiro atoms. The van der Waals surface area contributed by atoms with E-state index >= 15 is 0 Å². The third-order valence-electron chi connectivity index (χ3n) is 2.45. The molecule has 0 saturated carbocycles. The lowest BCUT2D eigenvalue weighted by Crippen LogP contribution is -2.05. The Morgan fingerprint density at radius 3 is 2.79 bits per heavy atom. The monoisotopic (exact) mass is 190 g/mol. The molecule has 0 radical (unpaired) electrons. The summed E-state index contributed by atoms with van der Waals surface area (Å²) in [6.07, 6.45) is 6.66. The first-order chi connectivity index (χ1) is 6.77. The molecule has 0 aliphatic heterocycles. The van der Waals surface area contributed by atoms with Crippen molar-refractivity contribution in [2.75, 3.05) is 0 Å². The Morgan fingerprint density at radius 1 is 1.36 bits per heavy atom. The fourth-order valence-electron chi connectivity index (χ4n) is 1.52. The highest BCUT2D eigenvalue weighted by Gasteiger charge is 2.00. The first-order valence-electron chi connectivity index (χ1n) is 4.72. The van der Waals surface area contributed by atoms with Crippen molar-refractivity contribution in [3.63, 3.8) is 0 Å². The summed E-state index contributed by atoms with van der Waals surface area (Å²) in [6, 6.07) is 2.05. The zero-order valence-electron chi connectivity index (χ0n) is 8.51. The van der Waals surface area contributed by atoms with E-state index < -0.39 is 0 Å². The van der Waals surface area contributed by atoms with Gasteiger partial charge in [0, 0.05) is 44.3 Å². The quantitative estimate of drug-likeness (QED) is 0.728. The molecule has 0 fully saturated rings. The Morgan fingerprint density at radius 2 is 2.21 bits per heavy atom. The molecule has 2 aromatic heterocycles. The van der Waals surface area contributed by atoms with Crippen LogP contribution >= 0.6 is 0 Å². The van der Waals surface area contributed by atoms with Crippen molar-refractivity contribution >= 4 is 0 Å². The number of rotatable bonds is 3. The van der Waals surface area contributed by atoms with Crippen molar-refractivity contribution in [2.45, 2.75) is 19.9 Å². The minimum atomic E-state index is 0.964. The number of hydrogen-bond donors (Lipinski definition) is 0. The normalized spacial score (nSPS) is 10.7. The first kappa shape index (κ1) is 8.99. The number of imidazole rings is 1. The van der Waals surface area contributed by atoms with E-state index in [-0.39, 0.29) is 0 Å². The van der Waals surface area contributed by atoms with Crippen molar-refractivity contribution in [1.82, 2.24) is 19.3 Å². The van der Waals surface area contributed by atoms with Crippen LogP contribution in [0.1, 0.15) is 11.5 Å². The van der Waals surface area contributed by atoms with Crippen LogP contribution in [0.15, 0.2) is 24.7 Å². The van der Waals surface area contributed by atoms with Gasteiger partial charge in [-0.25, -0.2) is 4.98 Å². The van der Waals surface area contributed by atoms with Crippen LogP contribution in [-0.2, 0) is 20.0 Å². The van der Waals surface area contributed by atoms with Crippen LogP contribution < -0.4 is 0 Å². The van der Waals surface area contributed by atoms with Crippen LogP contribution in [0.4, 0.5) is 0 Å². The SMILES string of the molecule is Cc1nccn1CCc1ccnn1C. The lowest BCUT2D eigenvalue weighted by molar-refractivity contribution is 0.625. The Bertz CT molecular complexity index is 373. The molecule has 0 N–H and O–H groups in total. The van der Waals surface area contributed by atoms with Crippen molar-refractivity contribution in [3.8, 4) is 0 Å². The molecular weight excluding hydrogens is 176 g/mol. The molecule has 14 heavy (non-hydrogen) atoms. The molecule has 2 heterocycles. The molecule has 0 aliphatic rings. The summed E-state index contributed by atoms with van der Waals surface area (Å²) in [5.74, 6) is 1.06. The van der Waals surface area contributed by atoms with Gasteiger partial charge in [0.05, 0.1) is 0 Å². The third-order valence-corrected chi connectivity index (χ3v) is 2.45. The molecule has 0 aromatic carbocycles. The molecule has 0 unspecified atom stereocenters. The summed E-state index contributed by atoms with van der Waals surface area (Å²) < 4.78 is 4.05. The van der Waals surface area contributed by atoms with Gasteiger partial charge in [0.1, 0.15) is 5.82 Å². The van der Waals surface area contributed by atoms with Gasteiger partial charge >= 0.3 is 0 Å². The van der Waals surface area contributed by atoms with Crippen molar-refractivity contribution in [2.24, 2.45) is 7.05 Å². The van der Waals surface area contributed by atoms with Gasteiger partial charge in [-0.15, -0.1) is 0 Å². The molecule has 0 bridgehead atoms. The standard InChI is InChI=1S/C10H14N4/c1-9-11-6-8-14(9)7-4-10-3-5-12-13(10)2/h3,5-6,8H,4,7H2,1-2H3. The van der Waals surface area contributed by atoms with Gasteiger partial charge in [-0.3, -0.25) is 4.68 Å². The van der Waals surface area contributed by atoms with E-state index in [2.05, 4.69) is 14.6 Å². The molecule has 0 amide bonds. The second-order valence-corrected chi connectivity index (χ2v) is 3.36. The average molecular weight is 190 g/mol. The zero-order chi connectivity index (χ0) is 9.97. The maximum absolute atomic E-state index is 4.18. The Hall–Kier alpha value is -1.58. The molecule has 74 valence electrons. The smallest absolute Gasteiger partial charge is 0.105 e. The van der Waals surface area contributed by atoms with E-state index in [1.54, 1.807) is 0 Å². The lowest BCUT2D eigenvalue weighted by Gasteiger charge is -2.04. The van der Waals surface area contributed by atoms with Gasteiger partial charge in [0.15, 0.2) is 0 Å². The largest absolute Gasteiger partial charge is 0.335 e. The van der Waals surface area contributed by atoms with Crippen LogP contribution in [0, 0.1) is 6.92 Å². The van der Waals surface area contributed by atoms with Gasteiger partial charge in [-0.2, -0.15) is 5.10 Å². The predicted octanol–water partition coefficient (Wildman–Crippen LogP) is 1.17. The Labute approximate surface area is 83.2 Å². The van der Waals surface area contributed by atoms with Crippen LogP contribution in [0.25, 0.3) is 0 Å². The minimum absolute atomic E-state index is 0.964. The lowest BCUT2D eigenvalue weighted by atomic mass is 10.3. The van der Waals surface area contributed by atoms with Crippen molar-refractivity contribution in [1.29, 1.82) is 0 Å². The van der Waals surface area contributed by atoms with Crippen LogP contribution in [0.3, 0.4) is 0 Å². The molecule has 2 aromatic rings. The van der Waals surface area contributed by atoms with E-state index in [9.17, 15) is 0 Å². The highest BCUT2D eigenvalue weighted by atomic mass is 15.3. The molecular formula is C10H14N4. The summed E-state index contributed by atoms with van der Waals surface area (Å²) >= 11 is 0. The van der Waals surface area contributed by atoms with E-state index in [1.165, 1.54) is 5.69 Å². The topological polar surface area (TPSA) is 35.6 Å². The predicted molar refractivity (Wildman–Crippen MR) is 53.9 cm³/mol. The molecule has 0 atom stereocenters. The zero-order valence-corrected chi connectivity index (χ0v) is 8.51. The van der Waals surface area contributed by atoms with Gasteiger partial charge in [-0.05, 0) is 13.0 Å². The van der Waals surface area contributed by atoms with Gasteiger partial charge in [0.2, 0.25) is 0 Å². The summed E-state index contributed by atoms with van der Waals surface area (Å²) in [7, 11) is 1.97. The second kappa shape index (κ2) is 3.65. The fourth-order valence-corrected chi connectivity index (χ4v) is 1.52. The molecule has 4 heteroatoms. The maximum atomic E-state index is 4.18. The number of nitrogens with zero attached hydrogens (tertiary/aromatic N) is 4. The van der Waals surface area contributed by atoms with Gasteiger partial charge in [0.25, 0.3) is 0 Å². The summed E-state index contributed by atoms with van der Waals surface area (Å²) in [5, 5.41) is 4.13. The molecule has 2 rings (SSSR count). The van der Waals surface area contributed by atoms with Crippen LogP contribution in [0.2, 0.25) is 0 Å². The fraction of sp³-hybridized carbons (Fsp3) is 0.400. The van der Waals surface area contributed by atoms with Gasteiger partial charge in [-0.1, -0.05) is 0 Å². The van der Waals surface area contributed by atoms with E-state index in [0.717, 1.165) is 18.8 Å². The first-order valence-corrected chi connectivity index (χ1v) is 4.72. The van der Waals surface area contributed by atoms with Crippen LogP contribution in [0.5, 0.6) is 0 Å².